The van der Waals surface area contributed by atoms with Crippen LogP contribution >= 0.6 is 0 Å². The molecule has 4 heterocycles. The molecule has 1 aromatic carbocycles. The lowest BCUT2D eigenvalue weighted by Gasteiger charge is -2.37. The van der Waals surface area contributed by atoms with Gasteiger partial charge in [0, 0.05) is 42.3 Å². The van der Waals surface area contributed by atoms with Crippen LogP contribution in [0.2, 0.25) is 0 Å². The standard InChI is InChI=1S/C20H23N7O/c1-26-11-14(10-22-26)12-2-5-18-13(6-12)7-19(25-24-18)23-20(28)27-16-3-4-17(27)9-15(21)8-16/h2,5-7,10-11,15-17H,3-4,8-9,21H2,1H3,(H,23,25,28). The van der Waals surface area contributed by atoms with Gasteiger partial charge in [0.15, 0.2) is 5.82 Å². The Kier molecular flexibility index (Phi) is 4.01. The average Bonchev–Trinajstić information content (AvgIpc) is 3.22. The maximum Gasteiger partial charge on any atom is 0.323 e. The number of hydrogen-bond acceptors (Lipinski definition) is 5. The highest BCUT2D eigenvalue weighted by molar-refractivity contribution is 5.92. The molecule has 2 atom stereocenters. The van der Waals surface area contributed by atoms with Gasteiger partial charge in [0.25, 0.3) is 0 Å². The Hall–Kier alpha value is -3.00. The smallest absolute Gasteiger partial charge is 0.323 e. The first-order chi connectivity index (χ1) is 13.6. The molecule has 2 amide bonds. The maximum atomic E-state index is 12.9. The second-order valence-corrected chi connectivity index (χ2v) is 7.86. The number of nitrogens with zero attached hydrogens (tertiary/aromatic N) is 5. The number of carbonyl (C=O) groups excluding carboxylic acids is 1. The fourth-order valence-corrected chi connectivity index (χ4v) is 4.58. The van der Waals surface area contributed by atoms with Gasteiger partial charge in [-0.25, -0.2) is 4.79 Å². The van der Waals surface area contributed by atoms with Crippen LogP contribution in [-0.2, 0) is 7.05 Å². The molecular weight excluding hydrogens is 354 g/mol. The van der Waals surface area contributed by atoms with E-state index < -0.39 is 0 Å². The molecule has 2 unspecified atom stereocenters. The van der Waals surface area contributed by atoms with Gasteiger partial charge in [-0.05, 0) is 49.4 Å². The SMILES string of the molecule is Cn1cc(-c2ccc3nnc(NC(=O)N4C5CCC4CC(N)C5)cc3c2)cn1. The monoisotopic (exact) mass is 377 g/mol. The lowest BCUT2D eigenvalue weighted by atomic mass is 9.99. The van der Waals surface area contributed by atoms with Crippen LogP contribution in [0.15, 0.2) is 36.7 Å². The summed E-state index contributed by atoms with van der Waals surface area (Å²) in [5.41, 5.74) is 8.98. The van der Waals surface area contributed by atoms with Gasteiger partial charge in [-0.15, -0.1) is 10.2 Å². The molecule has 0 aliphatic carbocycles. The molecule has 5 rings (SSSR count). The Balaban J connectivity index is 1.39. The van der Waals surface area contributed by atoms with Gasteiger partial charge < -0.3 is 10.6 Å². The van der Waals surface area contributed by atoms with E-state index in [4.69, 9.17) is 5.73 Å². The van der Waals surface area contributed by atoms with Crippen molar-refractivity contribution in [3.05, 3.63) is 36.7 Å². The van der Waals surface area contributed by atoms with Crippen LogP contribution in [-0.4, -0.2) is 49.0 Å². The van der Waals surface area contributed by atoms with E-state index in [1.165, 1.54) is 0 Å². The molecule has 2 saturated heterocycles. The van der Waals surface area contributed by atoms with Crippen LogP contribution in [0.3, 0.4) is 0 Å². The van der Waals surface area contributed by atoms with E-state index >= 15 is 0 Å². The topological polar surface area (TPSA) is 102 Å². The predicted octanol–water partition coefficient (Wildman–Crippen LogP) is 2.52. The Morgan fingerprint density at radius 3 is 2.64 bits per heavy atom. The predicted molar refractivity (Wildman–Crippen MR) is 107 cm³/mol. The molecule has 2 aromatic heterocycles. The molecule has 0 saturated carbocycles. The fourth-order valence-electron chi connectivity index (χ4n) is 4.58. The van der Waals surface area contributed by atoms with Crippen molar-refractivity contribution < 1.29 is 4.79 Å². The first-order valence-corrected chi connectivity index (χ1v) is 9.68. The summed E-state index contributed by atoms with van der Waals surface area (Å²) in [6.45, 7) is 0. The Morgan fingerprint density at radius 1 is 1.14 bits per heavy atom. The first-order valence-electron chi connectivity index (χ1n) is 9.68. The number of urea groups is 1. The zero-order chi connectivity index (χ0) is 19.3. The minimum atomic E-state index is -0.100. The first kappa shape index (κ1) is 17.1. The van der Waals surface area contributed by atoms with Gasteiger partial charge >= 0.3 is 6.03 Å². The normalized spacial score (nSPS) is 23.9. The van der Waals surface area contributed by atoms with Crippen LogP contribution in [0.25, 0.3) is 22.0 Å². The van der Waals surface area contributed by atoms with E-state index in [-0.39, 0.29) is 24.2 Å². The number of amides is 2. The second-order valence-electron chi connectivity index (χ2n) is 7.86. The summed E-state index contributed by atoms with van der Waals surface area (Å²) in [5, 5.41) is 16.5. The number of nitrogens with one attached hydrogen (secondary N) is 1. The van der Waals surface area contributed by atoms with Crippen molar-refractivity contribution in [2.24, 2.45) is 12.8 Å². The molecule has 3 N–H and O–H groups in total. The Labute approximate surface area is 162 Å². The van der Waals surface area contributed by atoms with E-state index in [2.05, 4.69) is 20.6 Å². The van der Waals surface area contributed by atoms with Crippen molar-refractivity contribution in [1.82, 2.24) is 24.9 Å². The third-order valence-electron chi connectivity index (χ3n) is 5.86. The summed E-state index contributed by atoms with van der Waals surface area (Å²) < 4.78 is 1.77. The van der Waals surface area contributed by atoms with Crippen LogP contribution in [0, 0.1) is 0 Å². The molecule has 28 heavy (non-hydrogen) atoms. The van der Waals surface area contributed by atoms with Crippen LogP contribution in [0.5, 0.6) is 0 Å². The number of hydrogen-bond donors (Lipinski definition) is 2. The molecule has 2 bridgehead atoms. The van der Waals surface area contributed by atoms with Gasteiger partial charge in [0.2, 0.25) is 0 Å². The van der Waals surface area contributed by atoms with Crippen molar-refractivity contribution in [3.63, 3.8) is 0 Å². The molecule has 2 fully saturated rings. The van der Waals surface area contributed by atoms with Gasteiger partial charge in [-0.3, -0.25) is 10.00 Å². The van der Waals surface area contributed by atoms with Gasteiger partial charge in [-0.1, -0.05) is 6.07 Å². The summed E-state index contributed by atoms with van der Waals surface area (Å²) in [4.78, 5) is 14.8. The Bertz CT molecular complexity index is 1030. The molecule has 8 nitrogen and oxygen atoms in total. The summed E-state index contributed by atoms with van der Waals surface area (Å²) in [6, 6.07) is 8.42. The average molecular weight is 377 g/mol. The van der Waals surface area contributed by atoms with E-state index in [0.717, 1.165) is 47.7 Å². The highest BCUT2D eigenvalue weighted by Crippen LogP contribution is 2.35. The van der Waals surface area contributed by atoms with E-state index in [1.807, 2.05) is 48.6 Å². The molecule has 144 valence electrons. The number of fused-ring (bicyclic) bond motifs is 3. The quantitative estimate of drug-likeness (QED) is 0.714. The molecule has 0 spiro atoms. The van der Waals surface area contributed by atoms with E-state index in [0.29, 0.717) is 5.82 Å². The Morgan fingerprint density at radius 2 is 1.93 bits per heavy atom. The number of benzene rings is 1. The number of anilines is 1. The lowest BCUT2D eigenvalue weighted by molar-refractivity contribution is 0.150. The van der Waals surface area contributed by atoms with Crippen LogP contribution < -0.4 is 11.1 Å². The van der Waals surface area contributed by atoms with Crippen molar-refractivity contribution in [3.8, 4) is 11.1 Å². The van der Waals surface area contributed by atoms with Crippen molar-refractivity contribution in [2.45, 2.75) is 43.8 Å². The summed E-state index contributed by atoms with van der Waals surface area (Å²) in [7, 11) is 1.89. The molecule has 2 aliphatic heterocycles. The number of nitrogens with two attached hydrogens (primary N) is 1. The number of carbonyl (C=O) groups is 1. The van der Waals surface area contributed by atoms with E-state index in [9.17, 15) is 4.79 Å². The molecule has 2 aliphatic rings. The third kappa shape index (κ3) is 2.99. The zero-order valence-electron chi connectivity index (χ0n) is 15.7. The van der Waals surface area contributed by atoms with Gasteiger partial charge in [0.1, 0.15) is 0 Å². The molecule has 8 heteroatoms. The van der Waals surface area contributed by atoms with Crippen molar-refractivity contribution in [1.29, 1.82) is 0 Å². The largest absolute Gasteiger partial charge is 0.328 e. The fraction of sp³-hybridized carbons (Fsp3) is 0.400. The van der Waals surface area contributed by atoms with Gasteiger partial charge in [0.05, 0.1) is 11.7 Å². The van der Waals surface area contributed by atoms with Crippen molar-refractivity contribution >= 4 is 22.8 Å². The highest BCUT2D eigenvalue weighted by atomic mass is 16.2. The highest BCUT2D eigenvalue weighted by Gasteiger charge is 2.42. The summed E-state index contributed by atoms with van der Waals surface area (Å²) >= 11 is 0. The summed E-state index contributed by atoms with van der Waals surface area (Å²) in [5.74, 6) is 0.468. The van der Waals surface area contributed by atoms with Crippen LogP contribution in [0.4, 0.5) is 10.6 Å². The second kappa shape index (κ2) is 6.56. The number of aryl methyl sites for hydroxylation is 1. The minimum Gasteiger partial charge on any atom is -0.328 e. The molecular formula is C20H23N7O. The molecule has 3 aromatic rings. The zero-order valence-corrected chi connectivity index (χ0v) is 15.7. The van der Waals surface area contributed by atoms with Crippen LogP contribution in [0.1, 0.15) is 25.7 Å². The third-order valence-corrected chi connectivity index (χ3v) is 5.86. The van der Waals surface area contributed by atoms with Gasteiger partial charge in [-0.2, -0.15) is 5.10 Å². The number of rotatable bonds is 2. The van der Waals surface area contributed by atoms with Crippen molar-refractivity contribution in [2.75, 3.05) is 5.32 Å². The molecule has 0 radical (unpaired) electrons. The lowest BCUT2D eigenvalue weighted by Crippen LogP contribution is -2.51. The summed E-state index contributed by atoms with van der Waals surface area (Å²) in [6.07, 6.45) is 7.61. The number of piperidine rings is 1. The minimum absolute atomic E-state index is 0.100. The maximum absolute atomic E-state index is 12.9. The van der Waals surface area contributed by atoms with E-state index in [1.54, 1.807) is 4.68 Å². The number of aromatic nitrogens is 4.